The number of pyridine rings is 1. The molecule has 0 bridgehead atoms. The predicted octanol–water partition coefficient (Wildman–Crippen LogP) is 3.97. The van der Waals surface area contributed by atoms with Gasteiger partial charge in [0.2, 0.25) is 0 Å². The molecule has 2 atom stereocenters. The van der Waals surface area contributed by atoms with Crippen molar-refractivity contribution in [2.45, 2.75) is 43.4 Å². The number of nitrogens with zero attached hydrogens (tertiary/aromatic N) is 1. The van der Waals surface area contributed by atoms with E-state index in [1.807, 2.05) is 12.4 Å². The first kappa shape index (κ1) is 11.1. The van der Waals surface area contributed by atoms with Crippen LogP contribution in [0.25, 0.3) is 0 Å². The highest BCUT2D eigenvalue weighted by Gasteiger charge is 2.21. The second-order valence-electron chi connectivity index (χ2n) is 4.47. The number of aromatic nitrogens is 1. The van der Waals surface area contributed by atoms with Gasteiger partial charge in [0.1, 0.15) is 0 Å². The van der Waals surface area contributed by atoms with Crippen molar-refractivity contribution in [3.63, 3.8) is 0 Å². The largest absolute Gasteiger partial charge is 0.265 e. The van der Waals surface area contributed by atoms with E-state index in [4.69, 9.17) is 0 Å². The molecule has 0 amide bonds. The van der Waals surface area contributed by atoms with Crippen LogP contribution in [0.4, 0.5) is 0 Å². The average molecular weight is 268 g/mol. The summed E-state index contributed by atoms with van der Waals surface area (Å²) in [7, 11) is 0. The highest BCUT2D eigenvalue weighted by Crippen LogP contribution is 2.31. The lowest BCUT2D eigenvalue weighted by atomic mass is 9.93. The Morgan fingerprint density at radius 2 is 1.87 bits per heavy atom. The number of alkyl halides is 1. The van der Waals surface area contributed by atoms with E-state index in [0.717, 1.165) is 5.92 Å². The topological polar surface area (TPSA) is 12.9 Å². The van der Waals surface area contributed by atoms with E-state index in [1.54, 1.807) is 0 Å². The Balaban J connectivity index is 1.97. The van der Waals surface area contributed by atoms with Gasteiger partial charge in [-0.25, -0.2) is 0 Å². The van der Waals surface area contributed by atoms with Crippen LogP contribution in [0.3, 0.4) is 0 Å². The van der Waals surface area contributed by atoms with E-state index < -0.39 is 0 Å². The second-order valence-corrected chi connectivity index (χ2v) is 5.65. The van der Waals surface area contributed by atoms with Crippen LogP contribution in [0.15, 0.2) is 24.5 Å². The van der Waals surface area contributed by atoms with Gasteiger partial charge < -0.3 is 0 Å². The molecule has 1 aromatic rings. The van der Waals surface area contributed by atoms with Gasteiger partial charge in [0, 0.05) is 17.2 Å². The number of hydrogen-bond donors (Lipinski definition) is 0. The predicted molar refractivity (Wildman–Crippen MR) is 67.2 cm³/mol. The summed E-state index contributed by atoms with van der Waals surface area (Å²) in [5, 5.41) is 0. The van der Waals surface area contributed by atoms with E-state index in [1.165, 1.54) is 44.1 Å². The Morgan fingerprint density at radius 3 is 2.67 bits per heavy atom. The molecule has 0 saturated heterocycles. The van der Waals surface area contributed by atoms with Crippen molar-refractivity contribution in [1.29, 1.82) is 0 Å². The minimum atomic E-state index is 0.716. The molecule has 1 aromatic heterocycles. The molecule has 0 spiro atoms. The molecule has 1 aliphatic rings. The summed E-state index contributed by atoms with van der Waals surface area (Å²) in [4.78, 5) is 4.78. The molecule has 0 aliphatic heterocycles. The summed E-state index contributed by atoms with van der Waals surface area (Å²) in [6.45, 7) is 0. The van der Waals surface area contributed by atoms with E-state index in [2.05, 4.69) is 33.0 Å². The van der Waals surface area contributed by atoms with Crippen LogP contribution in [-0.4, -0.2) is 9.81 Å². The van der Waals surface area contributed by atoms with Crippen molar-refractivity contribution in [2.24, 2.45) is 5.92 Å². The van der Waals surface area contributed by atoms with Crippen LogP contribution in [-0.2, 0) is 6.42 Å². The summed E-state index contributed by atoms with van der Waals surface area (Å²) in [6, 6.07) is 4.29. The molecule has 0 radical (unpaired) electrons. The Hall–Kier alpha value is -0.370. The van der Waals surface area contributed by atoms with E-state index in [-0.39, 0.29) is 0 Å². The third-order valence-electron chi connectivity index (χ3n) is 3.31. The fourth-order valence-electron chi connectivity index (χ4n) is 2.39. The summed E-state index contributed by atoms with van der Waals surface area (Å²) in [5.41, 5.74) is 1.43. The lowest BCUT2D eigenvalue weighted by Crippen LogP contribution is -2.15. The molecule has 1 fully saturated rings. The van der Waals surface area contributed by atoms with Crippen molar-refractivity contribution in [2.75, 3.05) is 0 Å². The monoisotopic (exact) mass is 267 g/mol. The average Bonchev–Trinajstić information content (AvgIpc) is 2.46. The maximum Gasteiger partial charge on any atom is 0.0270 e. The van der Waals surface area contributed by atoms with Gasteiger partial charge in [0.05, 0.1) is 0 Å². The minimum absolute atomic E-state index is 0.716. The van der Waals surface area contributed by atoms with Gasteiger partial charge >= 0.3 is 0 Å². The highest BCUT2D eigenvalue weighted by molar-refractivity contribution is 9.09. The minimum Gasteiger partial charge on any atom is -0.265 e. The van der Waals surface area contributed by atoms with E-state index in [9.17, 15) is 0 Å². The van der Waals surface area contributed by atoms with Crippen LogP contribution in [0.5, 0.6) is 0 Å². The smallest absolute Gasteiger partial charge is 0.0270 e. The standard InChI is InChI=1S/C13H18BrN/c14-13-5-3-1-2-4-12(13)10-11-6-8-15-9-7-11/h6-9,12-13H,1-5,10H2. The molecular weight excluding hydrogens is 250 g/mol. The van der Waals surface area contributed by atoms with Gasteiger partial charge in [-0.05, 0) is 42.9 Å². The molecule has 0 N–H and O–H groups in total. The molecule has 15 heavy (non-hydrogen) atoms. The van der Waals surface area contributed by atoms with Crippen LogP contribution in [0.1, 0.15) is 37.7 Å². The lowest BCUT2D eigenvalue weighted by molar-refractivity contribution is 0.475. The Bertz CT molecular complexity index is 286. The maximum absolute atomic E-state index is 4.06. The van der Waals surface area contributed by atoms with E-state index in [0.29, 0.717) is 4.83 Å². The van der Waals surface area contributed by atoms with Gasteiger partial charge in [0.15, 0.2) is 0 Å². The van der Waals surface area contributed by atoms with Crippen LogP contribution in [0, 0.1) is 5.92 Å². The Labute approximate surface area is 100 Å². The molecule has 2 heteroatoms. The van der Waals surface area contributed by atoms with Crippen molar-refractivity contribution in [1.82, 2.24) is 4.98 Å². The fourth-order valence-corrected chi connectivity index (χ4v) is 3.17. The SMILES string of the molecule is BrC1CCCCCC1Cc1ccncc1. The zero-order chi connectivity index (χ0) is 10.5. The van der Waals surface area contributed by atoms with Crippen LogP contribution >= 0.6 is 15.9 Å². The molecule has 2 rings (SSSR count). The zero-order valence-electron chi connectivity index (χ0n) is 9.03. The molecule has 2 unspecified atom stereocenters. The quantitative estimate of drug-likeness (QED) is 0.584. The summed E-state index contributed by atoms with van der Waals surface area (Å²) in [6.07, 6.45) is 11.9. The maximum atomic E-state index is 4.06. The fraction of sp³-hybridized carbons (Fsp3) is 0.615. The number of halogens is 1. The van der Waals surface area contributed by atoms with Crippen molar-refractivity contribution in [3.05, 3.63) is 30.1 Å². The molecule has 1 aliphatic carbocycles. The molecule has 1 nitrogen and oxygen atoms in total. The van der Waals surface area contributed by atoms with Gasteiger partial charge in [-0.15, -0.1) is 0 Å². The van der Waals surface area contributed by atoms with E-state index >= 15 is 0 Å². The molecule has 1 heterocycles. The van der Waals surface area contributed by atoms with Crippen molar-refractivity contribution < 1.29 is 0 Å². The van der Waals surface area contributed by atoms with Crippen LogP contribution in [0.2, 0.25) is 0 Å². The zero-order valence-corrected chi connectivity index (χ0v) is 10.6. The van der Waals surface area contributed by atoms with Crippen molar-refractivity contribution >= 4 is 15.9 Å². The first-order valence-electron chi connectivity index (χ1n) is 5.89. The summed E-state index contributed by atoms with van der Waals surface area (Å²) < 4.78 is 0. The van der Waals surface area contributed by atoms with Crippen molar-refractivity contribution in [3.8, 4) is 0 Å². The summed E-state index contributed by atoms with van der Waals surface area (Å²) >= 11 is 3.85. The van der Waals surface area contributed by atoms with Gasteiger partial charge in [-0.2, -0.15) is 0 Å². The van der Waals surface area contributed by atoms with Gasteiger partial charge in [-0.1, -0.05) is 35.2 Å². The first-order chi connectivity index (χ1) is 7.36. The molecular formula is C13H18BrN. The van der Waals surface area contributed by atoms with Crippen LogP contribution < -0.4 is 0 Å². The number of hydrogen-bond acceptors (Lipinski definition) is 1. The van der Waals surface area contributed by atoms with Gasteiger partial charge in [-0.3, -0.25) is 4.98 Å². The highest BCUT2D eigenvalue weighted by atomic mass is 79.9. The Morgan fingerprint density at radius 1 is 1.13 bits per heavy atom. The lowest BCUT2D eigenvalue weighted by Gasteiger charge is -2.19. The first-order valence-corrected chi connectivity index (χ1v) is 6.81. The molecule has 0 aromatic carbocycles. The summed E-state index contributed by atoms with van der Waals surface area (Å²) in [5.74, 6) is 0.815. The number of rotatable bonds is 2. The third kappa shape index (κ3) is 3.30. The van der Waals surface area contributed by atoms with Gasteiger partial charge in [0.25, 0.3) is 0 Å². The Kier molecular flexibility index (Phi) is 4.18. The molecule has 1 saturated carbocycles. The molecule has 82 valence electrons. The normalized spacial score (nSPS) is 27.3. The third-order valence-corrected chi connectivity index (χ3v) is 4.52. The second kappa shape index (κ2) is 5.64.